The van der Waals surface area contributed by atoms with E-state index in [-0.39, 0.29) is 17.3 Å². The van der Waals surface area contributed by atoms with Crippen LogP contribution in [0.5, 0.6) is 0 Å². The molecule has 1 aliphatic rings. The molecule has 2 aromatic rings. The van der Waals surface area contributed by atoms with Crippen LogP contribution in [-0.2, 0) is 24.2 Å². The van der Waals surface area contributed by atoms with Crippen molar-refractivity contribution in [1.82, 2.24) is 14.5 Å². The van der Waals surface area contributed by atoms with E-state index in [4.69, 9.17) is 0 Å². The number of amides is 1. The highest BCUT2D eigenvalue weighted by atomic mass is 32.2. The monoisotopic (exact) mass is 470 g/mol. The van der Waals surface area contributed by atoms with Crippen molar-refractivity contribution in [3.8, 4) is 0 Å². The average Bonchev–Trinajstić information content (AvgIpc) is 2.82. The Balaban J connectivity index is 1.66. The molecule has 0 radical (unpaired) electrons. The Morgan fingerprint density at radius 1 is 1.15 bits per heavy atom. The topological polar surface area (TPSA) is 67.2 Å². The summed E-state index contributed by atoms with van der Waals surface area (Å²) in [4.78, 5) is 32.2. The van der Waals surface area contributed by atoms with Crippen LogP contribution < -0.4 is 11.0 Å². The number of nitrogens with one attached hydrogen (secondary N) is 1. The lowest BCUT2D eigenvalue weighted by Crippen LogP contribution is -2.32. The molecule has 180 valence electrons. The summed E-state index contributed by atoms with van der Waals surface area (Å²) in [6.07, 6.45) is 5.00. The highest BCUT2D eigenvalue weighted by Gasteiger charge is 2.21. The third-order valence-electron chi connectivity index (χ3n) is 6.40. The van der Waals surface area contributed by atoms with Gasteiger partial charge in [-0.15, -0.1) is 0 Å². The molecular formula is C26H38N4O2S. The van der Waals surface area contributed by atoms with Gasteiger partial charge in [0.2, 0.25) is 5.91 Å². The van der Waals surface area contributed by atoms with E-state index in [1.165, 1.54) is 22.9 Å². The van der Waals surface area contributed by atoms with E-state index in [0.717, 1.165) is 68.1 Å². The zero-order valence-corrected chi connectivity index (χ0v) is 21.3. The highest BCUT2D eigenvalue weighted by Crippen LogP contribution is 2.28. The number of benzene rings is 1. The first kappa shape index (κ1) is 25.5. The zero-order chi connectivity index (χ0) is 23.8. The van der Waals surface area contributed by atoms with Crippen LogP contribution in [0.3, 0.4) is 0 Å². The van der Waals surface area contributed by atoms with Crippen LogP contribution in [0.1, 0.15) is 69.7 Å². The summed E-state index contributed by atoms with van der Waals surface area (Å²) in [6, 6.07) is 7.98. The molecule has 1 aromatic heterocycles. The number of anilines is 1. The molecule has 1 amide bonds. The van der Waals surface area contributed by atoms with Gasteiger partial charge in [0, 0.05) is 23.5 Å². The number of aromatic nitrogens is 2. The summed E-state index contributed by atoms with van der Waals surface area (Å²) in [5.74, 6) is 0.630. The van der Waals surface area contributed by atoms with E-state index in [1.807, 2.05) is 28.8 Å². The van der Waals surface area contributed by atoms with E-state index in [0.29, 0.717) is 12.5 Å². The van der Waals surface area contributed by atoms with Crippen molar-refractivity contribution in [2.75, 3.05) is 30.7 Å². The van der Waals surface area contributed by atoms with Crippen LogP contribution in [0.4, 0.5) is 5.69 Å². The summed E-state index contributed by atoms with van der Waals surface area (Å²) < 4.78 is 1.89. The molecule has 3 rings (SSSR count). The smallest absolute Gasteiger partial charge is 0.325 e. The van der Waals surface area contributed by atoms with Gasteiger partial charge in [-0.25, -0.2) is 4.79 Å². The van der Waals surface area contributed by atoms with Gasteiger partial charge in [0.1, 0.15) is 5.03 Å². The van der Waals surface area contributed by atoms with Gasteiger partial charge in [-0.3, -0.25) is 9.36 Å². The number of thioether (sulfide) groups is 1. The van der Waals surface area contributed by atoms with Crippen LogP contribution in [0.2, 0.25) is 0 Å². The molecule has 0 saturated heterocycles. The molecule has 1 N–H and O–H groups in total. The molecule has 7 heteroatoms. The van der Waals surface area contributed by atoms with Crippen molar-refractivity contribution < 1.29 is 4.79 Å². The van der Waals surface area contributed by atoms with Crippen LogP contribution in [0, 0.1) is 0 Å². The maximum absolute atomic E-state index is 12.9. The van der Waals surface area contributed by atoms with Crippen LogP contribution in [0.25, 0.3) is 0 Å². The second-order valence-electron chi connectivity index (χ2n) is 8.98. The van der Waals surface area contributed by atoms with Gasteiger partial charge in [0.25, 0.3) is 0 Å². The van der Waals surface area contributed by atoms with E-state index < -0.39 is 0 Å². The van der Waals surface area contributed by atoms with Crippen molar-refractivity contribution >= 4 is 23.4 Å². The Morgan fingerprint density at radius 3 is 2.52 bits per heavy atom. The molecule has 0 fully saturated rings. The number of fused-ring (bicyclic) bond motifs is 1. The van der Waals surface area contributed by atoms with E-state index in [1.54, 1.807) is 0 Å². The second kappa shape index (κ2) is 12.4. The summed E-state index contributed by atoms with van der Waals surface area (Å²) in [7, 11) is 0. The Labute approximate surface area is 202 Å². The highest BCUT2D eigenvalue weighted by molar-refractivity contribution is 8.00. The average molecular weight is 471 g/mol. The van der Waals surface area contributed by atoms with Gasteiger partial charge in [-0.2, -0.15) is 4.98 Å². The maximum Gasteiger partial charge on any atom is 0.348 e. The van der Waals surface area contributed by atoms with Gasteiger partial charge in [0.05, 0.1) is 5.75 Å². The summed E-state index contributed by atoms with van der Waals surface area (Å²) in [5.41, 5.74) is 4.16. The van der Waals surface area contributed by atoms with Gasteiger partial charge in [-0.1, -0.05) is 51.6 Å². The van der Waals surface area contributed by atoms with Crippen molar-refractivity contribution in [3.05, 3.63) is 51.6 Å². The first-order chi connectivity index (χ1) is 15.9. The Kier molecular flexibility index (Phi) is 9.56. The van der Waals surface area contributed by atoms with Crippen LogP contribution >= 0.6 is 11.8 Å². The standard InChI is InChI=1S/C26H38N4O2S/c1-5-29(6-2)16-9-17-30-23-11-8-7-10-22(23)25(28-26(30)32)33-18-24(31)27-21-14-12-20(13-15-21)19(3)4/h12-15,19H,5-11,16-18H2,1-4H3,(H,27,31). The molecule has 0 atom stereocenters. The first-order valence-electron chi connectivity index (χ1n) is 12.3. The predicted molar refractivity (Wildman–Crippen MR) is 137 cm³/mol. The number of hydrogen-bond donors (Lipinski definition) is 1. The minimum atomic E-state index is -0.178. The quantitative estimate of drug-likeness (QED) is 0.381. The van der Waals surface area contributed by atoms with Crippen molar-refractivity contribution in [1.29, 1.82) is 0 Å². The lowest BCUT2D eigenvalue weighted by atomic mass is 9.97. The predicted octanol–water partition coefficient (Wildman–Crippen LogP) is 4.71. The fourth-order valence-corrected chi connectivity index (χ4v) is 5.25. The molecule has 1 aliphatic carbocycles. The summed E-state index contributed by atoms with van der Waals surface area (Å²) >= 11 is 1.38. The third-order valence-corrected chi connectivity index (χ3v) is 7.42. The molecule has 0 saturated carbocycles. The number of hydrogen-bond acceptors (Lipinski definition) is 5. The molecule has 6 nitrogen and oxygen atoms in total. The van der Waals surface area contributed by atoms with Crippen LogP contribution in [-0.4, -0.2) is 45.7 Å². The summed E-state index contributed by atoms with van der Waals surface area (Å²) in [5, 5.41) is 3.69. The molecular weight excluding hydrogens is 432 g/mol. The maximum atomic E-state index is 12.9. The first-order valence-corrected chi connectivity index (χ1v) is 13.3. The minimum Gasteiger partial charge on any atom is -0.325 e. The molecule has 1 aromatic carbocycles. The number of carbonyl (C=O) groups excluding carboxylic acids is 1. The molecule has 0 bridgehead atoms. The van der Waals surface area contributed by atoms with Gasteiger partial charge < -0.3 is 10.2 Å². The lowest BCUT2D eigenvalue weighted by Gasteiger charge is -2.23. The minimum absolute atomic E-state index is 0.0768. The second-order valence-corrected chi connectivity index (χ2v) is 9.94. The zero-order valence-electron chi connectivity index (χ0n) is 20.5. The number of rotatable bonds is 11. The molecule has 1 heterocycles. The molecule has 33 heavy (non-hydrogen) atoms. The summed E-state index contributed by atoms with van der Waals surface area (Å²) in [6.45, 7) is 12.4. The largest absolute Gasteiger partial charge is 0.348 e. The van der Waals surface area contributed by atoms with Gasteiger partial charge in [0.15, 0.2) is 0 Å². The van der Waals surface area contributed by atoms with Gasteiger partial charge in [-0.05, 0) is 75.4 Å². The van der Waals surface area contributed by atoms with E-state index in [9.17, 15) is 9.59 Å². The molecule has 0 spiro atoms. The fourth-order valence-electron chi connectivity index (χ4n) is 4.37. The molecule has 0 aliphatic heterocycles. The Hall–Kier alpha value is -2.12. The normalized spacial score (nSPS) is 13.4. The number of nitrogens with zero attached hydrogens (tertiary/aromatic N) is 3. The third kappa shape index (κ3) is 6.93. The molecule has 0 unspecified atom stereocenters. The lowest BCUT2D eigenvalue weighted by molar-refractivity contribution is -0.113. The van der Waals surface area contributed by atoms with Crippen molar-refractivity contribution in [3.63, 3.8) is 0 Å². The van der Waals surface area contributed by atoms with E-state index >= 15 is 0 Å². The SMILES string of the molecule is CCN(CC)CCCn1c2c(c(SCC(=O)Nc3ccc(C(C)C)cc3)nc1=O)CCCC2. The van der Waals surface area contributed by atoms with Crippen LogP contribution in [0.15, 0.2) is 34.1 Å². The van der Waals surface area contributed by atoms with E-state index in [2.05, 4.69) is 42.9 Å². The Bertz CT molecular complexity index is 981. The Morgan fingerprint density at radius 2 is 1.85 bits per heavy atom. The van der Waals surface area contributed by atoms with Crippen molar-refractivity contribution in [2.24, 2.45) is 0 Å². The van der Waals surface area contributed by atoms with Crippen molar-refractivity contribution in [2.45, 2.75) is 77.3 Å². The fraction of sp³-hybridized carbons (Fsp3) is 0.577. The van der Waals surface area contributed by atoms with Gasteiger partial charge >= 0.3 is 5.69 Å². The number of carbonyl (C=O) groups is 1.